The number of anilines is 3. The molecule has 0 aromatic carbocycles. The third kappa shape index (κ3) is 2.96. The highest BCUT2D eigenvalue weighted by atomic mass is 16.3. The smallest absolute Gasteiger partial charge is 0.240 e. The van der Waals surface area contributed by atoms with Gasteiger partial charge in [0.25, 0.3) is 0 Å². The Balaban J connectivity index is 3.13. The van der Waals surface area contributed by atoms with E-state index >= 15 is 0 Å². The van der Waals surface area contributed by atoms with Crippen LogP contribution in [-0.4, -0.2) is 56.9 Å². The molecule has 0 saturated carbocycles. The molecule has 1 aromatic rings. The van der Waals surface area contributed by atoms with Gasteiger partial charge in [0, 0.05) is 0 Å². The monoisotopic (exact) mass is 244 g/mol. The number of nitrogens with two attached hydrogens (primary N) is 1. The first-order chi connectivity index (χ1) is 8.15. The first-order valence-electron chi connectivity index (χ1n) is 4.47. The molecule has 10 nitrogen and oxygen atoms in total. The third-order valence-electron chi connectivity index (χ3n) is 1.79. The first-order valence-corrected chi connectivity index (χ1v) is 4.47. The van der Waals surface area contributed by atoms with Gasteiger partial charge in [-0.3, -0.25) is 14.6 Å². The third-order valence-corrected chi connectivity index (χ3v) is 1.79. The molecule has 0 unspecified atom stereocenters. The Morgan fingerprint density at radius 1 is 1.06 bits per heavy atom. The van der Waals surface area contributed by atoms with E-state index in [0.29, 0.717) is 6.41 Å². The Hall–Kier alpha value is -2.04. The molecule has 1 rings (SSSR count). The summed E-state index contributed by atoms with van der Waals surface area (Å²) in [7, 11) is 0. The average Bonchev–Trinajstić information content (AvgIpc) is 2.31. The van der Waals surface area contributed by atoms with Gasteiger partial charge >= 0.3 is 0 Å². The number of rotatable bonds is 6. The van der Waals surface area contributed by atoms with Gasteiger partial charge in [-0.15, -0.1) is 0 Å². The average molecular weight is 244 g/mol. The number of hydrogen-bond acceptors (Lipinski definition) is 9. The van der Waals surface area contributed by atoms with E-state index in [4.69, 9.17) is 21.1 Å². The molecule has 10 heteroatoms. The molecule has 94 valence electrons. The minimum absolute atomic E-state index is 0.113. The van der Waals surface area contributed by atoms with Crippen LogP contribution in [0.1, 0.15) is 0 Å². The van der Waals surface area contributed by atoms with E-state index in [1.165, 1.54) is 0 Å². The van der Waals surface area contributed by atoms with Gasteiger partial charge < -0.3 is 21.1 Å². The molecular formula is C7H12N6O4. The molecule has 0 bridgehead atoms. The molecule has 0 atom stereocenters. The molecule has 0 aliphatic rings. The van der Waals surface area contributed by atoms with Gasteiger partial charge in [0.05, 0.1) is 0 Å². The van der Waals surface area contributed by atoms with Gasteiger partial charge in [0.1, 0.15) is 20.2 Å². The summed E-state index contributed by atoms with van der Waals surface area (Å²) < 4.78 is 0. The van der Waals surface area contributed by atoms with Crippen molar-refractivity contribution in [3.8, 4) is 0 Å². The van der Waals surface area contributed by atoms with Crippen molar-refractivity contribution in [2.24, 2.45) is 0 Å². The molecule has 1 aromatic heterocycles. The maximum Gasteiger partial charge on any atom is 0.240 e. The van der Waals surface area contributed by atoms with Crippen molar-refractivity contribution in [3.05, 3.63) is 0 Å². The SMILES string of the molecule is Nc1nc(N(C=O)CO)nc(N(CO)CO)n1. The van der Waals surface area contributed by atoms with E-state index in [-0.39, 0.29) is 17.8 Å². The van der Waals surface area contributed by atoms with E-state index in [1.807, 2.05) is 0 Å². The molecule has 1 heterocycles. The zero-order valence-corrected chi connectivity index (χ0v) is 8.76. The zero-order valence-electron chi connectivity index (χ0n) is 8.76. The number of nitrogens with zero attached hydrogens (tertiary/aromatic N) is 5. The number of aliphatic hydroxyl groups is 3. The van der Waals surface area contributed by atoms with Crippen molar-refractivity contribution in [1.82, 2.24) is 15.0 Å². The van der Waals surface area contributed by atoms with E-state index in [0.717, 1.165) is 9.80 Å². The summed E-state index contributed by atoms with van der Waals surface area (Å²) in [5, 5.41) is 26.7. The number of aliphatic hydroxyl groups excluding tert-OH is 3. The number of amides is 1. The van der Waals surface area contributed by atoms with Crippen molar-refractivity contribution in [2.75, 3.05) is 35.7 Å². The quantitative estimate of drug-likeness (QED) is 0.304. The summed E-state index contributed by atoms with van der Waals surface area (Å²) in [4.78, 5) is 23.4. The molecule has 1 amide bonds. The molecule has 0 spiro atoms. The fourth-order valence-electron chi connectivity index (χ4n) is 0.954. The molecule has 0 radical (unpaired) electrons. The van der Waals surface area contributed by atoms with E-state index < -0.39 is 20.2 Å². The van der Waals surface area contributed by atoms with Crippen LogP contribution in [0.5, 0.6) is 0 Å². The molecule has 0 aliphatic carbocycles. The summed E-state index contributed by atoms with van der Waals surface area (Å²) in [5.74, 6) is -0.507. The Labute approximate surface area is 96.0 Å². The van der Waals surface area contributed by atoms with Crippen molar-refractivity contribution >= 4 is 24.3 Å². The zero-order chi connectivity index (χ0) is 12.8. The molecular weight excluding hydrogens is 232 g/mol. The van der Waals surface area contributed by atoms with Gasteiger partial charge in [0.2, 0.25) is 24.3 Å². The van der Waals surface area contributed by atoms with Crippen molar-refractivity contribution in [2.45, 2.75) is 0 Å². The molecule has 0 saturated heterocycles. The van der Waals surface area contributed by atoms with Crippen molar-refractivity contribution < 1.29 is 20.1 Å². The Morgan fingerprint density at radius 2 is 1.65 bits per heavy atom. The number of carbonyl (C=O) groups is 1. The maximum atomic E-state index is 10.6. The summed E-state index contributed by atoms with van der Waals surface area (Å²) in [6.45, 7) is -1.72. The van der Waals surface area contributed by atoms with Gasteiger partial charge in [-0.05, 0) is 0 Å². The van der Waals surface area contributed by atoms with Crippen LogP contribution >= 0.6 is 0 Å². The molecule has 0 fully saturated rings. The lowest BCUT2D eigenvalue weighted by Gasteiger charge is -2.18. The highest BCUT2D eigenvalue weighted by Crippen LogP contribution is 2.13. The van der Waals surface area contributed by atoms with Gasteiger partial charge in [-0.25, -0.2) is 0 Å². The fourth-order valence-corrected chi connectivity index (χ4v) is 0.954. The minimum Gasteiger partial charge on any atom is -0.376 e. The topological polar surface area (TPSA) is 149 Å². The Bertz CT molecular complexity index is 385. The van der Waals surface area contributed by atoms with Crippen LogP contribution in [0.2, 0.25) is 0 Å². The summed E-state index contributed by atoms with van der Waals surface area (Å²) >= 11 is 0. The lowest BCUT2D eigenvalue weighted by Crippen LogP contribution is -2.30. The standard InChI is InChI=1S/C7H12N6O4/c8-5-9-6(12(1-14)2-15)11-7(10-5)13(3-16)4-17/h1,15-17H,2-4H2,(H2,8,9,10,11). The molecule has 5 N–H and O–H groups in total. The molecule has 0 aliphatic heterocycles. The fraction of sp³-hybridized carbons (Fsp3) is 0.429. The second-order valence-corrected chi connectivity index (χ2v) is 2.83. The van der Waals surface area contributed by atoms with Crippen molar-refractivity contribution in [1.29, 1.82) is 0 Å². The van der Waals surface area contributed by atoms with Crippen LogP contribution in [-0.2, 0) is 4.79 Å². The van der Waals surface area contributed by atoms with Gasteiger partial charge in [0.15, 0.2) is 0 Å². The molecule has 17 heavy (non-hydrogen) atoms. The predicted octanol–water partition coefficient (Wildman–Crippen LogP) is -2.93. The second kappa shape index (κ2) is 5.89. The number of carbonyl (C=O) groups excluding carboxylic acids is 1. The summed E-state index contributed by atoms with van der Waals surface area (Å²) in [6, 6.07) is 0. The highest BCUT2D eigenvalue weighted by molar-refractivity contribution is 5.71. The summed E-state index contributed by atoms with van der Waals surface area (Å²) in [5.41, 5.74) is 5.38. The first kappa shape index (κ1) is 13.0. The minimum atomic E-state index is -0.634. The van der Waals surface area contributed by atoms with Crippen LogP contribution < -0.4 is 15.5 Å². The Morgan fingerprint density at radius 3 is 2.12 bits per heavy atom. The van der Waals surface area contributed by atoms with E-state index in [9.17, 15) is 4.79 Å². The summed E-state index contributed by atoms with van der Waals surface area (Å²) in [6.07, 6.45) is 0.306. The normalized spacial score (nSPS) is 10.1. The van der Waals surface area contributed by atoms with Crippen LogP contribution in [0.25, 0.3) is 0 Å². The second-order valence-electron chi connectivity index (χ2n) is 2.83. The van der Waals surface area contributed by atoms with Crippen LogP contribution in [0.15, 0.2) is 0 Å². The number of aromatic nitrogens is 3. The predicted molar refractivity (Wildman–Crippen MR) is 56.5 cm³/mol. The van der Waals surface area contributed by atoms with Crippen LogP contribution in [0, 0.1) is 0 Å². The highest BCUT2D eigenvalue weighted by Gasteiger charge is 2.14. The van der Waals surface area contributed by atoms with Gasteiger partial charge in [-0.1, -0.05) is 0 Å². The largest absolute Gasteiger partial charge is 0.376 e. The Kier molecular flexibility index (Phi) is 4.51. The van der Waals surface area contributed by atoms with E-state index in [1.54, 1.807) is 0 Å². The van der Waals surface area contributed by atoms with Crippen LogP contribution in [0.3, 0.4) is 0 Å². The van der Waals surface area contributed by atoms with Crippen LogP contribution in [0.4, 0.5) is 17.8 Å². The lowest BCUT2D eigenvalue weighted by atomic mass is 10.7. The maximum absolute atomic E-state index is 10.6. The number of hydrogen-bond donors (Lipinski definition) is 4. The lowest BCUT2D eigenvalue weighted by molar-refractivity contribution is -0.108. The number of nitrogen functional groups attached to an aromatic ring is 1. The van der Waals surface area contributed by atoms with Gasteiger partial charge in [-0.2, -0.15) is 15.0 Å². The van der Waals surface area contributed by atoms with E-state index in [2.05, 4.69) is 15.0 Å². The van der Waals surface area contributed by atoms with Crippen molar-refractivity contribution in [3.63, 3.8) is 0 Å².